The predicted octanol–water partition coefficient (Wildman–Crippen LogP) is 2.36. The van der Waals surface area contributed by atoms with Gasteiger partial charge in [-0.3, -0.25) is 4.79 Å². The molecule has 178 valence electrons. The molecule has 1 amide bonds. The SMILES string of the molecule is C[C@H](N)[C@H](Nc1nc(Nc2cnc(N3CCOCC3)c(F)c2)c(C(N)=O)cc1F)C1CCC1. The first-order valence-electron chi connectivity index (χ1n) is 11.1. The zero-order valence-corrected chi connectivity index (χ0v) is 18.5. The van der Waals surface area contributed by atoms with E-state index in [1.54, 1.807) is 4.90 Å². The van der Waals surface area contributed by atoms with Crippen molar-refractivity contribution in [3.63, 3.8) is 0 Å². The number of halogens is 2. The lowest BCUT2D eigenvalue weighted by molar-refractivity contribution is 0.100. The van der Waals surface area contributed by atoms with Crippen molar-refractivity contribution >= 4 is 29.0 Å². The van der Waals surface area contributed by atoms with Crippen molar-refractivity contribution in [2.24, 2.45) is 17.4 Å². The minimum atomic E-state index is -0.864. The number of amides is 1. The first-order chi connectivity index (χ1) is 15.8. The molecule has 0 aromatic carbocycles. The molecule has 2 aromatic heterocycles. The van der Waals surface area contributed by atoms with Crippen LogP contribution >= 0.6 is 0 Å². The lowest BCUT2D eigenvalue weighted by Gasteiger charge is -2.37. The molecular formula is C22H29F2N7O2. The van der Waals surface area contributed by atoms with E-state index in [4.69, 9.17) is 16.2 Å². The number of primary amides is 1. The van der Waals surface area contributed by atoms with E-state index >= 15 is 0 Å². The number of pyridine rings is 2. The highest BCUT2D eigenvalue weighted by molar-refractivity contribution is 5.98. The molecule has 0 spiro atoms. The van der Waals surface area contributed by atoms with E-state index in [0.29, 0.717) is 32.2 Å². The zero-order chi connectivity index (χ0) is 23.5. The minimum absolute atomic E-state index is 0.00348. The summed E-state index contributed by atoms with van der Waals surface area (Å²) in [4.78, 5) is 22.2. The molecule has 1 aliphatic carbocycles. The van der Waals surface area contributed by atoms with Crippen molar-refractivity contribution in [1.82, 2.24) is 9.97 Å². The lowest BCUT2D eigenvalue weighted by atomic mass is 9.77. The molecule has 9 nitrogen and oxygen atoms in total. The van der Waals surface area contributed by atoms with Crippen LogP contribution in [0.1, 0.15) is 36.5 Å². The summed E-state index contributed by atoms with van der Waals surface area (Å²) in [7, 11) is 0. The molecule has 0 radical (unpaired) electrons. The summed E-state index contributed by atoms with van der Waals surface area (Å²) in [6, 6.07) is 1.87. The molecule has 1 aliphatic heterocycles. The Bertz CT molecular complexity index is 1010. The third-order valence-electron chi connectivity index (χ3n) is 6.16. The molecule has 4 rings (SSSR count). The number of morpholine rings is 1. The molecule has 3 heterocycles. The van der Waals surface area contributed by atoms with E-state index in [1.807, 2.05) is 6.92 Å². The smallest absolute Gasteiger partial charge is 0.252 e. The van der Waals surface area contributed by atoms with Gasteiger partial charge in [0, 0.05) is 31.2 Å². The Kier molecular flexibility index (Phi) is 6.89. The van der Waals surface area contributed by atoms with E-state index in [0.717, 1.165) is 25.3 Å². The predicted molar refractivity (Wildman–Crippen MR) is 122 cm³/mol. The third-order valence-corrected chi connectivity index (χ3v) is 6.16. The topological polar surface area (TPSA) is 131 Å². The van der Waals surface area contributed by atoms with Gasteiger partial charge >= 0.3 is 0 Å². The number of nitrogens with two attached hydrogens (primary N) is 2. The van der Waals surface area contributed by atoms with Crippen LogP contribution in [0.25, 0.3) is 0 Å². The van der Waals surface area contributed by atoms with E-state index in [9.17, 15) is 13.6 Å². The largest absolute Gasteiger partial charge is 0.378 e. The highest BCUT2D eigenvalue weighted by Crippen LogP contribution is 2.33. The first-order valence-corrected chi connectivity index (χ1v) is 11.1. The number of hydrogen-bond acceptors (Lipinski definition) is 8. The van der Waals surface area contributed by atoms with Gasteiger partial charge < -0.3 is 31.7 Å². The number of nitrogens with one attached hydrogen (secondary N) is 2. The Balaban J connectivity index is 1.60. The highest BCUT2D eigenvalue weighted by atomic mass is 19.1. The van der Waals surface area contributed by atoms with Crippen LogP contribution in [0.15, 0.2) is 18.3 Å². The summed E-state index contributed by atoms with van der Waals surface area (Å²) < 4.78 is 34.8. The Morgan fingerprint density at radius 1 is 1.21 bits per heavy atom. The molecule has 0 bridgehead atoms. The maximum atomic E-state index is 14.8. The number of carbonyl (C=O) groups excluding carboxylic acids is 1. The Hall–Kier alpha value is -3.05. The summed E-state index contributed by atoms with van der Waals surface area (Å²) in [6.07, 6.45) is 4.55. The van der Waals surface area contributed by atoms with Crippen molar-refractivity contribution in [2.75, 3.05) is 41.8 Å². The first kappa shape index (κ1) is 23.1. The van der Waals surface area contributed by atoms with Crippen molar-refractivity contribution in [2.45, 2.75) is 38.3 Å². The average molecular weight is 462 g/mol. The highest BCUT2D eigenvalue weighted by Gasteiger charge is 2.31. The molecule has 2 aliphatic rings. The summed E-state index contributed by atoms with van der Waals surface area (Å²) in [6.45, 7) is 3.94. The molecule has 2 atom stereocenters. The van der Waals surface area contributed by atoms with Crippen molar-refractivity contribution in [3.05, 3.63) is 35.5 Å². The van der Waals surface area contributed by atoms with Gasteiger partial charge in [-0.1, -0.05) is 6.42 Å². The van der Waals surface area contributed by atoms with Crippen molar-refractivity contribution in [1.29, 1.82) is 0 Å². The van der Waals surface area contributed by atoms with E-state index in [-0.39, 0.29) is 40.8 Å². The average Bonchev–Trinajstić information content (AvgIpc) is 2.74. The standard InChI is InChI=1S/C22H29F2N7O2/c1-12(25)18(13-3-2-4-13)29-21-16(23)10-15(19(26)32)20(30-21)28-14-9-17(24)22(27-11-14)31-5-7-33-8-6-31/h9-13,18H,2-8,25H2,1H3,(H2,26,32)(H2,28,29,30)/t12-,18-/m0/s1. The maximum absolute atomic E-state index is 14.8. The van der Waals surface area contributed by atoms with Crippen LogP contribution in [0, 0.1) is 17.6 Å². The normalized spacial score (nSPS) is 18.4. The van der Waals surface area contributed by atoms with Gasteiger partial charge in [0.15, 0.2) is 23.3 Å². The quantitative estimate of drug-likeness (QED) is 0.471. The molecule has 33 heavy (non-hydrogen) atoms. The summed E-state index contributed by atoms with van der Waals surface area (Å²) in [5.74, 6) is -1.62. The monoisotopic (exact) mass is 461 g/mol. The molecule has 2 aromatic rings. The fourth-order valence-electron chi connectivity index (χ4n) is 4.15. The van der Waals surface area contributed by atoms with Crippen LogP contribution in [0.4, 0.5) is 31.9 Å². The van der Waals surface area contributed by atoms with Gasteiger partial charge in [0.2, 0.25) is 0 Å². The molecule has 1 saturated heterocycles. The van der Waals surface area contributed by atoms with Crippen LogP contribution < -0.4 is 27.0 Å². The zero-order valence-electron chi connectivity index (χ0n) is 18.5. The summed E-state index contributed by atoms with van der Waals surface area (Å²) in [5, 5.41) is 5.95. The molecule has 11 heteroatoms. The van der Waals surface area contributed by atoms with Crippen LogP contribution in [-0.2, 0) is 4.74 Å². The van der Waals surface area contributed by atoms with Crippen LogP contribution in [0.3, 0.4) is 0 Å². The number of anilines is 4. The second-order valence-electron chi connectivity index (χ2n) is 8.55. The Morgan fingerprint density at radius 3 is 2.52 bits per heavy atom. The van der Waals surface area contributed by atoms with Crippen molar-refractivity contribution in [3.8, 4) is 0 Å². The molecule has 6 N–H and O–H groups in total. The van der Waals surface area contributed by atoms with E-state index < -0.39 is 17.5 Å². The fourth-order valence-corrected chi connectivity index (χ4v) is 4.15. The van der Waals surface area contributed by atoms with Crippen LogP contribution in [0.2, 0.25) is 0 Å². The third kappa shape index (κ3) is 5.14. The van der Waals surface area contributed by atoms with Crippen LogP contribution in [-0.4, -0.2) is 54.3 Å². The number of nitrogens with zero attached hydrogens (tertiary/aromatic N) is 3. The Morgan fingerprint density at radius 2 is 1.94 bits per heavy atom. The number of ether oxygens (including phenoxy) is 1. The maximum Gasteiger partial charge on any atom is 0.252 e. The van der Waals surface area contributed by atoms with Gasteiger partial charge in [0.05, 0.1) is 30.7 Å². The number of hydrogen-bond donors (Lipinski definition) is 4. The Labute approximate surface area is 190 Å². The second-order valence-corrected chi connectivity index (χ2v) is 8.55. The molecular weight excluding hydrogens is 432 g/mol. The molecule has 2 fully saturated rings. The minimum Gasteiger partial charge on any atom is -0.378 e. The van der Waals surface area contributed by atoms with E-state index in [1.165, 1.54) is 12.3 Å². The second kappa shape index (κ2) is 9.84. The summed E-state index contributed by atoms with van der Waals surface area (Å²) in [5.41, 5.74) is 11.6. The number of aromatic nitrogens is 2. The molecule has 0 unspecified atom stereocenters. The van der Waals surface area contributed by atoms with Crippen molar-refractivity contribution < 1.29 is 18.3 Å². The van der Waals surface area contributed by atoms with Crippen LogP contribution in [0.5, 0.6) is 0 Å². The lowest BCUT2D eigenvalue weighted by Crippen LogP contribution is -2.46. The van der Waals surface area contributed by atoms with Gasteiger partial charge in [0.1, 0.15) is 5.82 Å². The number of rotatable bonds is 8. The summed E-state index contributed by atoms with van der Waals surface area (Å²) >= 11 is 0. The molecule has 1 saturated carbocycles. The van der Waals surface area contributed by atoms with Gasteiger partial charge in [-0.25, -0.2) is 18.7 Å². The van der Waals surface area contributed by atoms with Gasteiger partial charge in [0.25, 0.3) is 5.91 Å². The van der Waals surface area contributed by atoms with E-state index in [2.05, 4.69) is 20.6 Å². The van der Waals surface area contributed by atoms with Gasteiger partial charge in [-0.15, -0.1) is 0 Å². The van der Waals surface area contributed by atoms with Gasteiger partial charge in [-0.2, -0.15) is 0 Å². The van der Waals surface area contributed by atoms with Gasteiger partial charge in [-0.05, 0) is 31.7 Å². The fraction of sp³-hybridized carbons (Fsp3) is 0.500. The number of carbonyl (C=O) groups is 1.